The molecule has 0 radical (unpaired) electrons. The predicted octanol–water partition coefficient (Wildman–Crippen LogP) is 4.60. The molecule has 0 spiro atoms. The lowest BCUT2D eigenvalue weighted by molar-refractivity contribution is 0.0231. The maximum atomic E-state index is 16.9. The smallest absolute Gasteiger partial charge is 0.319 e. The molecule has 0 unspecified atom stereocenters. The molecule has 2 N–H and O–H groups in total. The molecule has 3 atom stereocenters. The maximum absolute atomic E-state index is 16.9. The Kier molecular flexibility index (Phi) is 7.17. The molecular weight excluding hydrogens is 583 g/mol. The van der Waals surface area contributed by atoms with E-state index in [0.717, 1.165) is 58.7 Å². The van der Waals surface area contributed by atoms with E-state index in [2.05, 4.69) is 27.1 Å². The topological polar surface area (TPSA) is 107 Å². The zero-order valence-electron chi connectivity index (χ0n) is 25.5. The number of terminal acetylenes is 1. The molecule has 1 aromatic heterocycles. The lowest BCUT2D eigenvalue weighted by Crippen LogP contribution is -2.51. The van der Waals surface area contributed by atoms with Crippen LogP contribution < -0.4 is 15.0 Å². The van der Waals surface area contributed by atoms with Gasteiger partial charge in [-0.1, -0.05) is 24.1 Å². The molecule has 46 heavy (non-hydrogen) atoms. The van der Waals surface area contributed by atoms with Gasteiger partial charge in [0, 0.05) is 65.6 Å². The number of nitrogens with zero attached hydrogens (tertiary/aromatic N) is 5. The van der Waals surface area contributed by atoms with Crippen molar-refractivity contribution in [1.29, 1.82) is 5.26 Å². The van der Waals surface area contributed by atoms with Crippen molar-refractivity contribution in [2.75, 3.05) is 50.9 Å². The molecule has 1 aliphatic carbocycles. The Hall–Kier alpha value is -4.48. The van der Waals surface area contributed by atoms with Gasteiger partial charge in [0.05, 0.1) is 38.4 Å². The van der Waals surface area contributed by atoms with E-state index in [9.17, 15) is 10.4 Å². The maximum Gasteiger partial charge on any atom is 0.319 e. The molecular formula is C36H35FN6O3. The summed E-state index contributed by atoms with van der Waals surface area (Å²) in [6.45, 7) is 5.42. The van der Waals surface area contributed by atoms with E-state index >= 15 is 4.39 Å². The number of phenols is 1. The van der Waals surface area contributed by atoms with Crippen molar-refractivity contribution in [3.8, 4) is 41.3 Å². The van der Waals surface area contributed by atoms with Gasteiger partial charge in [0.1, 0.15) is 17.1 Å². The number of rotatable bonds is 8. The fourth-order valence-electron chi connectivity index (χ4n) is 7.70. The molecule has 4 fully saturated rings. The molecule has 4 aromatic rings. The Morgan fingerprint density at radius 2 is 2.00 bits per heavy atom. The number of hydrogen-bond acceptors (Lipinski definition) is 9. The second kappa shape index (κ2) is 11.4. The number of hydrogen-bond donors (Lipinski definition) is 2. The summed E-state index contributed by atoms with van der Waals surface area (Å²) in [5, 5.41) is 25.8. The van der Waals surface area contributed by atoms with Gasteiger partial charge < -0.3 is 24.8 Å². The summed E-state index contributed by atoms with van der Waals surface area (Å²) in [5.74, 6) is 2.77. The third-order valence-corrected chi connectivity index (χ3v) is 10.2. The van der Waals surface area contributed by atoms with Crippen molar-refractivity contribution >= 4 is 27.5 Å². The lowest BCUT2D eigenvalue weighted by Gasteiger charge is -2.36. The molecule has 3 aliphatic heterocycles. The van der Waals surface area contributed by atoms with Gasteiger partial charge in [-0.25, -0.2) is 4.39 Å². The van der Waals surface area contributed by atoms with Crippen molar-refractivity contribution in [1.82, 2.24) is 20.2 Å². The third kappa shape index (κ3) is 4.98. The van der Waals surface area contributed by atoms with Crippen LogP contribution in [0.15, 0.2) is 42.5 Å². The van der Waals surface area contributed by atoms with Crippen LogP contribution in [0.25, 0.3) is 32.8 Å². The summed E-state index contributed by atoms with van der Waals surface area (Å²) in [7, 11) is 0. The van der Waals surface area contributed by atoms with Crippen LogP contribution >= 0.6 is 0 Å². The quantitative estimate of drug-likeness (QED) is 0.274. The second-order valence-electron chi connectivity index (χ2n) is 13.1. The van der Waals surface area contributed by atoms with Gasteiger partial charge in [-0.05, 0) is 54.5 Å². The molecule has 3 aromatic carbocycles. The van der Waals surface area contributed by atoms with Crippen LogP contribution in [0.2, 0.25) is 0 Å². The molecule has 4 heterocycles. The standard InChI is InChI=1S/C36H35FN6O3/c1-2-22-4-3-5-23-16-25(44)18-28(31(22)23)26-6-7-27-33(32(26)37)40-35(46-21-36(9-10-36)20-42-12-14-45-15-13-42)41-34(27)43-24-17-29(39-19-24)30(43)8-11-38/h1,3-7,16,18,24,29-30,39,44H,8-10,12-15,17,19-21H2/t24-,29-,30-/m1/s1. The molecule has 9 nitrogen and oxygen atoms in total. The average Bonchev–Trinajstić information content (AvgIpc) is 3.52. The highest BCUT2D eigenvalue weighted by molar-refractivity contribution is 6.04. The Bertz CT molecular complexity index is 1930. The predicted molar refractivity (Wildman–Crippen MR) is 173 cm³/mol. The minimum Gasteiger partial charge on any atom is -0.508 e. The van der Waals surface area contributed by atoms with Crippen LogP contribution in [-0.2, 0) is 4.74 Å². The monoisotopic (exact) mass is 618 g/mol. The molecule has 234 valence electrons. The summed E-state index contributed by atoms with van der Waals surface area (Å²) in [4.78, 5) is 14.2. The van der Waals surface area contributed by atoms with Crippen LogP contribution in [0.5, 0.6) is 11.8 Å². The normalized spacial score (nSPS) is 23.5. The molecule has 10 heteroatoms. The number of piperazine rings is 1. The highest BCUT2D eigenvalue weighted by Gasteiger charge is 2.48. The molecule has 0 amide bonds. The van der Waals surface area contributed by atoms with Gasteiger partial charge in [-0.3, -0.25) is 4.90 Å². The second-order valence-corrected chi connectivity index (χ2v) is 13.1. The molecule has 2 bridgehead atoms. The molecule has 1 saturated carbocycles. The summed E-state index contributed by atoms with van der Waals surface area (Å²) < 4.78 is 28.8. The van der Waals surface area contributed by atoms with Gasteiger partial charge in [0.2, 0.25) is 0 Å². The van der Waals surface area contributed by atoms with Crippen LogP contribution in [-0.4, -0.2) is 84.1 Å². The van der Waals surface area contributed by atoms with Crippen LogP contribution in [0.4, 0.5) is 10.2 Å². The van der Waals surface area contributed by atoms with Gasteiger partial charge >= 0.3 is 6.01 Å². The number of benzene rings is 3. The van der Waals surface area contributed by atoms with E-state index in [0.29, 0.717) is 46.1 Å². The number of ether oxygens (including phenoxy) is 2. The summed E-state index contributed by atoms with van der Waals surface area (Å²) in [6, 6.07) is 14.9. The van der Waals surface area contributed by atoms with Crippen molar-refractivity contribution in [3.05, 3.63) is 53.8 Å². The molecule has 4 aliphatic rings. The van der Waals surface area contributed by atoms with Gasteiger partial charge in [-0.15, -0.1) is 6.42 Å². The van der Waals surface area contributed by atoms with Crippen LogP contribution in [0, 0.1) is 34.9 Å². The number of morpholine rings is 1. The largest absolute Gasteiger partial charge is 0.508 e. The number of halogens is 1. The van der Waals surface area contributed by atoms with Crippen molar-refractivity contribution in [2.45, 2.75) is 43.8 Å². The SMILES string of the molecule is C#Cc1cccc2cc(O)cc(-c3ccc4c(N5[C@H]6CN[C@H](C6)[C@H]5CC#N)nc(OCC5(CN6CCOCC6)CC5)nc4c3F)c12. The molecule has 8 rings (SSSR count). The first-order chi connectivity index (χ1) is 22.5. The summed E-state index contributed by atoms with van der Waals surface area (Å²) in [6.07, 6.45) is 9.17. The Labute approximate surface area is 266 Å². The van der Waals surface area contributed by atoms with Crippen molar-refractivity contribution in [3.63, 3.8) is 0 Å². The van der Waals surface area contributed by atoms with E-state index in [-0.39, 0.29) is 46.4 Å². The first kappa shape index (κ1) is 29.0. The fraction of sp³-hybridized carbons (Fsp3) is 0.417. The highest BCUT2D eigenvalue weighted by Crippen LogP contribution is 2.47. The van der Waals surface area contributed by atoms with Gasteiger partial charge in [0.15, 0.2) is 5.82 Å². The number of aromatic hydroxyl groups is 1. The number of anilines is 1. The zero-order valence-corrected chi connectivity index (χ0v) is 25.5. The van der Waals surface area contributed by atoms with Crippen LogP contribution in [0.1, 0.15) is 31.2 Å². The first-order valence-electron chi connectivity index (χ1n) is 16.0. The third-order valence-electron chi connectivity index (χ3n) is 10.2. The highest BCUT2D eigenvalue weighted by atomic mass is 19.1. The molecule has 3 saturated heterocycles. The van der Waals surface area contributed by atoms with Crippen molar-refractivity contribution < 1.29 is 19.0 Å². The first-order valence-corrected chi connectivity index (χ1v) is 16.0. The zero-order chi connectivity index (χ0) is 31.4. The Morgan fingerprint density at radius 3 is 2.78 bits per heavy atom. The minimum absolute atomic E-state index is 0.0125. The number of nitriles is 1. The van der Waals surface area contributed by atoms with E-state index < -0.39 is 5.82 Å². The number of phenolic OH excluding ortho intramolecular Hbond substituents is 1. The van der Waals surface area contributed by atoms with Gasteiger partial charge in [0.25, 0.3) is 0 Å². The summed E-state index contributed by atoms with van der Waals surface area (Å²) >= 11 is 0. The van der Waals surface area contributed by atoms with Crippen LogP contribution in [0.3, 0.4) is 0 Å². The van der Waals surface area contributed by atoms with E-state index in [4.69, 9.17) is 25.9 Å². The lowest BCUT2D eigenvalue weighted by atomic mass is 9.93. The average molecular weight is 619 g/mol. The fourth-order valence-corrected chi connectivity index (χ4v) is 7.70. The van der Waals surface area contributed by atoms with Gasteiger partial charge in [-0.2, -0.15) is 15.2 Å². The van der Waals surface area contributed by atoms with Crippen molar-refractivity contribution in [2.24, 2.45) is 5.41 Å². The minimum atomic E-state index is -0.543. The number of fused-ring (bicyclic) bond motifs is 4. The number of aromatic nitrogens is 2. The summed E-state index contributed by atoms with van der Waals surface area (Å²) in [5.41, 5.74) is 1.52. The Balaban J connectivity index is 1.24. The number of nitrogens with one attached hydrogen (secondary N) is 1. The Morgan fingerprint density at radius 1 is 1.15 bits per heavy atom. The van der Waals surface area contributed by atoms with E-state index in [1.165, 1.54) is 0 Å². The van der Waals surface area contributed by atoms with E-state index in [1.54, 1.807) is 18.2 Å². The van der Waals surface area contributed by atoms with E-state index in [1.807, 2.05) is 24.3 Å².